The maximum absolute atomic E-state index is 12.3. The van der Waals surface area contributed by atoms with Crippen LogP contribution in [0.5, 0.6) is 0 Å². The molecule has 1 amide bonds. The van der Waals surface area contributed by atoms with E-state index in [0.717, 1.165) is 16.5 Å². The van der Waals surface area contributed by atoms with Gasteiger partial charge in [0.05, 0.1) is 0 Å². The van der Waals surface area contributed by atoms with Crippen molar-refractivity contribution in [1.29, 1.82) is 0 Å². The molecular formula is C24H26N2O3. The van der Waals surface area contributed by atoms with E-state index in [1.807, 2.05) is 48.5 Å². The van der Waals surface area contributed by atoms with Crippen LogP contribution in [0.2, 0.25) is 0 Å². The number of benzene rings is 2. The molecule has 0 saturated heterocycles. The standard InChI is InChI=1S/C24H26N2O3/c1-24(2,3)19-10-8-16(9-11-19)21(27)12-13-22(28)25-15-18-14-17-6-4-5-7-20(17)26-23(18)29/h4-11,14H,12-13,15H2,1-3H3,(H,25,28)(H,26,29). The van der Waals surface area contributed by atoms with Crippen molar-refractivity contribution in [1.82, 2.24) is 10.3 Å². The van der Waals surface area contributed by atoms with Crippen LogP contribution in [0.4, 0.5) is 0 Å². The molecule has 0 radical (unpaired) electrons. The van der Waals surface area contributed by atoms with Crippen LogP contribution in [0.3, 0.4) is 0 Å². The Morgan fingerprint density at radius 2 is 1.66 bits per heavy atom. The zero-order chi connectivity index (χ0) is 21.0. The molecule has 29 heavy (non-hydrogen) atoms. The Balaban J connectivity index is 1.54. The van der Waals surface area contributed by atoms with Gasteiger partial charge in [0.1, 0.15) is 0 Å². The Morgan fingerprint density at radius 1 is 0.966 bits per heavy atom. The average molecular weight is 390 g/mol. The molecule has 0 aliphatic heterocycles. The van der Waals surface area contributed by atoms with Gasteiger partial charge in [-0.3, -0.25) is 14.4 Å². The second-order valence-electron chi connectivity index (χ2n) is 8.24. The minimum atomic E-state index is -0.253. The number of H-pyrrole nitrogens is 1. The third-order valence-corrected chi connectivity index (χ3v) is 4.96. The second-order valence-corrected chi connectivity index (χ2v) is 8.24. The number of aromatic nitrogens is 1. The van der Waals surface area contributed by atoms with E-state index < -0.39 is 0 Å². The quantitative estimate of drug-likeness (QED) is 0.622. The number of ketones is 1. The Labute approximate surface area is 170 Å². The van der Waals surface area contributed by atoms with Crippen molar-refractivity contribution in [3.63, 3.8) is 0 Å². The van der Waals surface area contributed by atoms with E-state index >= 15 is 0 Å². The van der Waals surface area contributed by atoms with Gasteiger partial charge in [-0.2, -0.15) is 0 Å². The van der Waals surface area contributed by atoms with Gasteiger partial charge in [-0.25, -0.2) is 0 Å². The van der Waals surface area contributed by atoms with Gasteiger partial charge in [-0.1, -0.05) is 63.2 Å². The summed E-state index contributed by atoms with van der Waals surface area (Å²) in [6.07, 6.45) is 0.222. The fourth-order valence-corrected chi connectivity index (χ4v) is 3.13. The van der Waals surface area contributed by atoms with Crippen LogP contribution in [0.25, 0.3) is 10.9 Å². The number of para-hydroxylation sites is 1. The van der Waals surface area contributed by atoms with Crippen molar-refractivity contribution >= 4 is 22.6 Å². The lowest BCUT2D eigenvalue weighted by atomic mass is 9.86. The number of amides is 1. The van der Waals surface area contributed by atoms with Crippen LogP contribution in [0, 0.1) is 0 Å². The SMILES string of the molecule is CC(C)(C)c1ccc(C(=O)CCC(=O)NCc2cc3ccccc3[nH]c2=O)cc1. The summed E-state index contributed by atoms with van der Waals surface area (Å²) in [5.74, 6) is -0.318. The Bertz CT molecular complexity index is 1090. The van der Waals surface area contributed by atoms with Crippen molar-refractivity contribution in [3.05, 3.63) is 81.6 Å². The number of carbonyl (C=O) groups is 2. The van der Waals surface area contributed by atoms with Gasteiger partial charge in [0.25, 0.3) is 5.56 Å². The van der Waals surface area contributed by atoms with Crippen LogP contribution in [0.1, 0.15) is 55.1 Å². The number of pyridine rings is 1. The van der Waals surface area contributed by atoms with Crippen molar-refractivity contribution in [3.8, 4) is 0 Å². The van der Waals surface area contributed by atoms with Crippen molar-refractivity contribution < 1.29 is 9.59 Å². The van der Waals surface area contributed by atoms with Gasteiger partial charge in [0, 0.05) is 36.0 Å². The van der Waals surface area contributed by atoms with Crippen LogP contribution < -0.4 is 10.9 Å². The van der Waals surface area contributed by atoms with Gasteiger partial charge in [-0.05, 0) is 28.5 Å². The second kappa shape index (κ2) is 8.43. The smallest absolute Gasteiger partial charge is 0.253 e. The molecule has 0 aliphatic carbocycles. The summed E-state index contributed by atoms with van der Waals surface area (Å²) in [7, 11) is 0. The van der Waals surface area contributed by atoms with Crippen LogP contribution in [-0.2, 0) is 16.8 Å². The van der Waals surface area contributed by atoms with Gasteiger partial charge >= 0.3 is 0 Å². The molecule has 0 atom stereocenters. The summed E-state index contributed by atoms with van der Waals surface area (Å²) in [5.41, 5.74) is 2.82. The lowest BCUT2D eigenvalue weighted by molar-refractivity contribution is -0.121. The van der Waals surface area contributed by atoms with E-state index in [2.05, 4.69) is 31.1 Å². The molecule has 0 aliphatic rings. The largest absolute Gasteiger partial charge is 0.352 e. The normalized spacial score (nSPS) is 11.4. The number of carbonyl (C=O) groups excluding carboxylic acids is 2. The number of rotatable bonds is 6. The summed E-state index contributed by atoms with van der Waals surface area (Å²) in [4.78, 5) is 39.4. The fourth-order valence-electron chi connectivity index (χ4n) is 3.13. The number of aromatic amines is 1. The summed E-state index contributed by atoms with van der Waals surface area (Å²) < 4.78 is 0. The maximum Gasteiger partial charge on any atom is 0.253 e. The molecule has 1 aromatic heterocycles. The molecule has 0 saturated carbocycles. The highest BCUT2D eigenvalue weighted by atomic mass is 16.2. The summed E-state index contributed by atoms with van der Waals surface area (Å²) in [6, 6.07) is 16.8. The molecule has 3 aromatic rings. The lowest BCUT2D eigenvalue weighted by Crippen LogP contribution is -2.27. The third kappa shape index (κ3) is 5.19. The summed E-state index contributed by atoms with van der Waals surface area (Å²) in [5, 5.41) is 3.64. The Kier molecular flexibility index (Phi) is 5.97. The Hall–Kier alpha value is -3.21. The number of Topliss-reactive ketones (excluding diaryl/α,β-unsaturated/α-hetero) is 1. The number of hydrogen-bond acceptors (Lipinski definition) is 3. The summed E-state index contributed by atoms with van der Waals surface area (Å²) >= 11 is 0. The highest BCUT2D eigenvalue weighted by Crippen LogP contribution is 2.22. The molecule has 0 spiro atoms. The number of nitrogens with one attached hydrogen (secondary N) is 2. The lowest BCUT2D eigenvalue weighted by Gasteiger charge is -2.18. The first kappa shape index (κ1) is 20.5. The van der Waals surface area contributed by atoms with Gasteiger partial charge < -0.3 is 10.3 Å². The van der Waals surface area contributed by atoms with Crippen LogP contribution >= 0.6 is 0 Å². The van der Waals surface area contributed by atoms with E-state index in [1.54, 1.807) is 6.07 Å². The van der Waals surface area contributed by atoms with Crippen LogP contribution in [0.15, 0.2) is 59.4 Å². The number of hydrogen-bond donors (Lipinski definition) is 2. The molecule has 5 nitrogen and oxygen atoms in total. The Morgan fingerprint density at radius 3 is 2.34 bits per heavy atom. The fraction of sp³-hybridized carbons (Fsp3) is 0.292. The predicted octanol–water partition coefficient (Wildman–Crippen LogP) is 4.10. The number of fused-ring (bicyclic) bond motifs is 1. The van der Waals surface area contributed by atoms with Gasteiger partial charge in [-0.15, -0.1) is 0 Å². The molecule has 1 heterocycles. The zero-order valence-corrected chi connectivity index (χ0v) is 17.0. The predicted molar refractivity (Wildman–Crippen MR) is 115 cm³/mol. The highest BCUT2D eigenvalue weighted by Gasteiger charge is 2.15. The minimum Gasteiger partial charge on any atom is -0.352 e. The van der Waals surface area contributed by atoms with Crippen molar-refractivity contribution in [2.75, 3.05) is 0 Å². The monoisotopic (exact) mass is 390 g/mol. The first-order chi connectivity index (χ1) is 13.7. The van der Waals surface area contributed by atoms with E-state index in [1.165, 1.54) is 0 Å². The van der Waals surface area contributed by atoms with Crippen molar-refractivity contribution in [2.24, 2.45) is 0 Å². The molecule has 0 bridgehead atoms. The van der Waals surface area contributed by atoms with Gasteiger partial charge in [0.15, 0.2) is 5.78 Å². The topological polar surface area (TPSA) is 79.0 Å². The molecule has 2 aromatic carbocycles. The minimum absolute atomic E-state index is 0.0298. The van der Waals surface area contributed by atoms with Crippen molar-refractivity contribution in [2.45, 2.75) is 45.6 Å². The van der Waals surface area contributed by atoms with E-state index in [0.29, 0.717) is 11.1 Å². The molecule has 2 N–H and O–H groups in total. The first-order valence-corrected chi connectivity index (χ1v) is 9.75. The highest BCUT2D eigenvalue weighted by molar-refractivity contribution is 5.98. The molecule has 0 fully saturated rings. The molecule has 0 unspecified atom stereocenters. The average Bonchev–Trinajstić information content (AvgIpc) is 2.69. The molecule has 3 rings (SSSR count). The van der Waals surface area contributed by atoms with E-state index in [9.17, 15) is 14.4 Å². The summed E-state index contributed by atoms with van der Waals surface area (Å²) in [6.45, 7) is 6.49. The molecule has 5 heteroatoms. The van der Waals surface area contributed by atoms with E-state index in [-0.39, 0.29) is 42.1 Å². The third-order valence-electron chi connectivity index (χ3n) is 4.96. The van der Waals surface area contributed by atoms with Crippen LogP contribution in [-0.4, -0.2) is 16.7 Å². The maximum atomic E-state index is 12.3. The van der Waals surface area contributed by atoms with E-state index in [4.69, 9.17) is 0 Å². The molecular weight excluding hydrogens is 364 g/mol. The zero-order valence-electron chi connectivity index (χ0n) is 17.0. The molecule has 150 valence electrons. The van der Waals surface area contributed by atoms with Gasteiger partial charge in [0.2, 0.25) is 5.91 Å². The first-order valence-electron chi connectivity index (χ1n) is 9.75.